The van der Waals surface area contributed by atoms with E-state index in [2.05, 4.69) is 27.6 Å². The largest absolute Gasteiger partial charge is 0.434 e. The highest BCUT2D eigenvalue weighted by Gasteiger charge is 2.37. The van der Waals surface area contributed by atoms with Crippen LogP contribution in [0.5, 0.6) is 5.75 Å². The van der Waals surface area contributed by atoms with E-state index in [1.54, 1.807) is 13.8 Å². The molecule has 0 aliphatic heterocycles. The Balaban J connectivity index is 1.91. The highest BCUT2D eigenvalue weighted by molar-refractivity contribution is 5.95. The van der Waals surface area contributed by atoms with Crippen LogP contribution in [-0.4, -0.2) is 56.3 Å². The number of hydrogen-bond donors (Lipinski definition) is 3. The number of nitrogens with zero attached hydrogens (tertiary/aromatic N) is 3. The first-order chi connectivity index (χ1) is 18.0. The summed E-state index contributed by atoms with van der Waals surface area (Å²) in [6, 6.07) is 1.10. The van der Waals surface area contributed by atoms with Crippen LogP contribution in [0, 0.1) is 12.8 Å². The third-order valence-corrected chi connectivity index (χ3v) is 6.93. The fraction of sp³-hybridized carbons (Fsp3) is 0.654. The van der Waals surface area contributed by atoms with Crippen LogP contribution in [0.3, 0.4) is 0 Å². The van der Waals surface area contributed by atoms with Gasteiger partial charge in [-0.2, -0.15) is 27.1 Å². The summed E-state index contributed by atoms with van der Waals surface area (Å²) < 4.78 is 71.7. The van der Waals surface area contributed by atoms with E-state index in [-0.39, 0.29) is 35.9 Å². The van der Waals surface area contributed by atoms with Crippen molar-refractivity contribution in [3.05, 3.63) is 23.5 Å². The zero-order valence-corrected chi connectivity index (χ0v) is 22.8. The molecule has 0 aromatic carbocycles. The molecule has 218 valence electrons. The lowest BCUT2D eigenvalue weighted by Crippen LogP contribution is -2.45. The summed E-state index contributed by atoms with van der Waals surface area (Å²) >= 11 is 0. The van der Waals surface area contributed by atoms with Crippen molar-refractivity contribution in [1.82, 2.24) is 20.1 Å². The number of carbonyl (C=O) groups is 1. The molecule has 1 aliphatic rings. The van der Waals surface area contributed by atoms with E-state index in [1.165, 1.54) is 24.7 Å². The topological polar surface area (TPSA) is 101 Å². The summed E-state index contributed by atoms with van der Waals surface area (Å²) in [7, 11) is 0. The molecule has 2 aromatic rings. The normalized spacial score (nSPS) is 20.3. The van der Waals surface area contributed by atoms with Crippen LogP contribution < -0.4 is 15.4 Å². The van der Waals surface area contributed by atoms with E-state index in [0.29, 0.717) is 30.0 Å². The minimum Gasteiger partial charge on any atom is -0.434 e. The molecule has 3 N–H and O–H groups in total. The predicted molar refractivity (Wildman–Crippen MR) is 136 cm³/mol. The van der Waals surface area contributed by atoms with E-state index >= 15 is 0 Å². The van der Waals surface area contributed by atoms with Gasteiger partial charge in [0.05, 0.1) is 23.3 Å². The summed E-state index contributed by atoms with van der Waals surface area (Å²) in [6.45, 7) is 5.21. The summed E-state index contributed by atoms with van der Waals surface area (Å²) in [6.07, 6.45) is -1.57. The molecule has 1 saturated carbocycles. The molecule has 2 heterocycles. The number of amides is 1. The summed E-state index contributed by atoms with van der Waals surface area (Å²) in [4.78, 5) is 17.2. The van der Waals surface area contributed by atoms with Crippen molar-refractivity contribution in [2.75, 3.05) is 11.9 Å². The SMILES string of the molecule is CCn1nc(C(=O)NCC2(O)CCC(C)CC2)c(C)c1-c1cnc(NC(C)(C)CC(F)(F)F)cc1OC(F)F. The van der Waals surface area contributed by atoms with Gasteiger partial charge in [0.15, 0.2) is 5.69 Å². The molecule has 0 atom stereocenters. The average Bonchev–Trinajstić information content (AvgIpc) is 3.14. The van der Waals surface area contributed by atoms with Crippen molar-refractivity contribution in [2.24, 2.45) is 5.92 Å². The summed E-state index contributed by atoms with van der Waals surface area (Å²) in [5.41, 5.74) is -1.65. The lowest BCUT2D eigenvalue weighted by Gasteiger charge is -2.34. The van der Waals surface area contributed by atoms with Crippen molar-refractivity contribution in [1.29, 1.82) is 0 Å². The number of hydrogen-bond acceptors (Lipinski definition) is 6. The molecule has 0 radical (unpaired) electrons. The Kier molecular flexibility index (Phi) is 9.13. The van der Waals surface area contributed by atoms with Gasteiger partial charge in [-0.15, -0.1) is 0 Å². The van der Waals surface area contributed by atoms with Gasteiger partial charge in [0, 0.05) is 36.5 Å². The minimum atomic E-state index is -4.45. The predicted octanol–water partition coefficient (Wildman–Crippen LogP) is 5.69. The zero-order valence-electron chi connectivity index (χ0n) is 22.8. The van der Waals surface area contributed by atoms with Crippen LogP contribution in [0.2, 0.25) is 0 Å². The molecular weight excluding hydrogens is 525 g/mol. The highest BCUT2D eigenvalue weighted by atomic mass is 19.4. The van der Waals surface area contributed by atoms with Gasteiger partial charge in [-0.1, -0.05) is 6.92 Å². The molecule has 0 saturated heterocycles. The summed E-state index contributed by atoms with van der Waals surface area (Å²) in [5.74, 6) is -0.427. The quantitative estimate of drug-likeness (QED) is 0.322. The highest BCUT2D eigenvalue weighted by Crippen LogP contribution is 2.37. The molecule has 0 bridgehead atoms. The van der Waals surface area contributed by atoms with Crippen LogP contribution in [0.25, 0.3) is 11.3 Å². The Hall–Kier alpha value is -2.96. The Morgan fingerprint density at radius 2 is 1.92 bits per heavy atom. The first-order valence-electron chi connectivity index (χ1n) is 12.9. The third kappa shape index (κ3) is 8.02. The number of carbonyl (C=O) groups excluding carboxylic acids is 1. The van der Waals surface area contributed by atoms with E-state index in [1.807, 2.05) is 0 Å². The number of ether oxygens (including phenoxy) is 1. The van der Waals surface area contributed by atoms with Gasteiger partial charge in [0.1, 0.15) is 11.6 Å². The van der Waals surface area contributed by atoms with E-state index in [9.17, 15) is 31.9 Å². The van der Waals surface area contributed by atoms with Crippen LogP contribution >= 0.6 is 0 Å². The number of halogens is 5. The molecule has 1 amide bonds. The fourth-order valence-corrected chi connectivity index (χ4v) is 4.91. The number of pyridine rings is 1. The molecule has 13 heteroatoms. The van der Waals surface area contributed by atoms with Gasteiger partial charge in [0.2, 0.25) is 0 Å². The number of nitrogens with one attached hydrogen (secondary N) is 2. The Morgan fingerprint density at radius 1 is 1.28 bits per heavy atom. The number of rotatable bonds is 10. The van der Waals surface area contributed by atoms with Crippen LogP contribution in [0.1, 0.15) is 75.9 Å². The smallest absolute Gasteiger partial charge is 0.391 e. The maximum absolute atomic E-state index is 13.3. The molecule has 0 unspecified atom stereocenters. The first kappa shape index (κ1) is 30.6. The molecule has 8 nitrogen and oxygen atoms in total. The van der Waals surface area contributed by atoms with Crippen LogP contribution in [0.4, 0.5) is 27.8 Å². The van der Waals surface area contributed by atoms with Gasteiger partial charge < -0.3 is 20.5 Å². The maximum Gasteiger partial charge on any atom is 0.391 e. The van der Waals surface area contributed by atoms with Crippen molar-refractivity contribution in [2.45, 2.75) is 97.2 Å². The monoisotopic (exact) mass is 561 g/mol. The molecule has 39 heavy (non-hydrogen) atoms. The van der Waals surface area contributed by atoms with Gasteiger partial charge in [0.25, 0.3) is 5.91 Å². The van der Waals surface area contributed by atoms with Crippen molar-refractivity contribution >= 4 is 11.7 Å². The zero-order chi connectivity index (χ0) is 29.2. The van der Waals surface area contributed by atoms with Gasteiger partial charge in [-0.05, 0) is 59.3 Å². The molecular formula is C26H36F5N5O3. The molecule has 1 aliphatic carbocycles. The second kappa shape index (κ2) is 11.6. The van der Waals surface area contributed by atoms with Crippen molar-refractivity contribution in [3.63, 3.8) is 0 Å². The first-order valence-corrected chi connectivity index (χ1v) is 12.9. The van der Waals surface area contributed by atoms with E-state index in [0.717, 1.165) is 18.9 Å². The second-order valence-corrected chi connectivity index (χ2v) is 11.0. The number of anilines is 1. The number of aromatic nitrogens is 3. The van der Waals surface area contributed by atoms with E-state index in [4.69, 9.17) is 4.74 Å². The second-order valence-electron chi connectivity index (χ2n) is 11.0. The standard InChI is InChI=1S/C26H36F5N5O3/c1-6-36-21(16(3)20(35-36)22(37)33-14-25(38)9-7-15(2)8-10-25)17-12-32-19(11-18(17)39-23(27)28)34-24(4,5)13-26(29,30)31/h11-12,15,23,38H,6-10,13-14H2,1-5H3,(H,32,34)(H,33,37). The maximum atomic E-state index is 13.3. The minimum absolute atomic E-state index is 0.0520. The van der Waals surface area contributed by atoms with E-state index < -0.39 is 36.3 Å². The fourth-order valence-electron chi connectivity index (χ4n) is 4.91. The van der Waals surface area contributed by atoms with Crippen molar-refractivity contribution < 1.29 is 36.6 Å². The van der Waals surface area contributed by atoms with Crippen molar-refractivity contribution in [3.8, 4) is 17.0 Å². The Labute approximate surface area is 224 Å². The number of alkyl halides is 5. The average molecular weight is 562 g/mol. The molecule has 3 rings (SSSR count). The third-order valence-electron chi connectivity index (χ3n) is 6.93. The van der Waals surface area contributed by atoms with Crippen LogP contribution in [0.15, 0.2) is 12.3 Å². The number of aryl methyl sites for hydroxylation is 1. The molecule has 1 fully saturated rings. The van der Waals surface area contributed by atoms with Gasteiger partial charge in [-0.3, -0.25) is 9.48 Å². The number of aliphatic hydroxyl groups is 1. The van der Waals surface area contributed by atoms with Gasteiger partial charge >= 0.3 is 12.8 Å². The Morgan fingerprint density at radius 3 is 2.49 bits per heavy atom. The Bertz CT molecular complexity index is 1160. The van der Waals surface area contributed by atoms with Crippen LogP contribution in [-0.2, 0) is 6.54 Å². The lowest BCUT2D eigenvalue weighted by atomic mass is 9.79. The van der Waals surface area contributed by atoms with Gasteiger partial charge in [-0.25, -0.2) is 4.98 Å². The molecule has 2 aromatic heterocycles. The molecule has 0 spiro atoms. The lowest BCUT2D eigenvalue weighted by molar-refractivity contribution is -0.142. The summed E-state index contributed by atoms with van der Waals surface area (Å²) in [5, 5.41) is 20.5.